The lowest BCUT2D eigenvalue weighted by Gasteiger charge is -2.60. The van der Waals surface area contributed by atoms with Gasteiger partial charge in [-0.25, -0.2) is 0 Å². The highest BCUT2D eigenvalue weighted by molar-refractivity contribution is 5.95. The van der Waals surface area contributed by atoms with Gasteiger partial charge in [0.25, 0.3) is 0 Å². The van der Waals surface area contributed by atoms with E-state index in [0.29, 0.717) is 11.3 Å². The number of rotatable bonds is 5. The van der Waals surface area contributed by atoms with Crippen molar-refractivity contribution < 1.29 is 10.4 Å². The van der Waals surface area contributed by atoms with Crippen molar-refractivity contribution in [1.29, 1.82) is 0 Å². The topological polar surface area (TPSA) is 65.2 Å². The molecule has 0 aromatic rings. The molecule has 0 spiro atoms. The molecule has 0 bridgehead atoms. The predicted octanol–water partition coefficient (Wildman–Crippen LogP) is 7.38. The second kappa shape index (κ2) is 8.71. The van der Waals surface area contributed by atoms with Crippen LogP contribution in [0.3, 0.4) is 0 Å². The van der Waals surface area contributed by atoms with E-state index in [1.54, 1.807) is 0 Å². The third-order valence-electron chi connectivity index (χ3n) is 10.8. The van der Waals surface area contributed by atoms with Crippen LogP contribution in [0.2, 0.25) is 0 Å². The van der Waals surface area contributed by atoms with Gasteiger partial charge >= 0.3 is 0 Å². The average molecular weight is 431 g/mol. The molecule has 0 aromatic heterocycles. The summed E-state index contributed by atoms with van der Waals surface area (Å²) in [6.07, 6.45) is 13.2. The molecule has 4 fully saturated rings. The van der Waals surface area contributed by atoms with E-state index in [1.807, 2.05) is 0 Å². The average Bonchev–Trinajstić information content (AvgIpc) is 3.09. The molecular formula is C27H46N2O2. The summed E-state index contributed by atoms with van der Waals surface area (Å²) in [4.78, 5) is 0. The molecule has 176 valence electrons. The van der Waals surface area contributed by atoms with Crippen LogP contribution in [-0.2, 0) is 0 Å². The Bertz CT molecular complexity index is 716. The highest BCUT2D eigenvalue weighted by Gasteiger charge is 2.62. The Hall–Kier alpha value is -1.06. The molecule has 4 nitrogen and oxygen atoms in total. The monoisotopic (exact) mass is 430 g/mol. The molecule has 4 rings (SSSR count). The molecule has 4 heteroatoms. The highest BCUT2D eigenvalue weighted by atomic mass is 16.4. The molecule has 0 amide bonds. The van der Waals surface area contributed by atoms with Crippen LogP contribution in [0.5, 0.6) is 0 Å². The van der Waals surface area contributed by atoms with Crippen LogP contribution < -0.4 is 0 Å². The van der Waals surface area contributed by atoms with Gasteiger partial charge < -0.3 is 10.4 Å². The number of hydrogen-bond donors (Lipinski definition) is 2. The van der Waals surface area contributed by atoms with Crippen LogP contribution in [0.1, 0.15) is 105 Å². The number of oxime groups is 2. The summed E-state index contributed by atoms with van der Waals surface area (Å²) in [6, 6.07) is 0. The first-order valence-corrected chi connectivity index (χ1v) is 13.1. The minimum atomic E-state index is 0.182. The van der Waals surface area contributed by atoms with Crippen LogP contribution in [-0.4, -0.2) is 21.8 Å². The van der Waals surface area contributed by atoms with E-state index in [1.165, 1.54) is 44.9 Å². The fourth-order valence-electron chi connectivity index (χ4n) is 9.10. The maximum Gasteiger partial charge on any atom is 0.0613 e. The standard InChI is InChI=1S/C27H46N2O2/c1-17(2)7-6-8-18(3)21-9-10-22-20-16-25(29-31)24-15-19(28-30)11-13-27(24,5)23(20)12-14-26(21,22)4/h17-18,20-24,30-31H,6-16H2,1-5H3/b28-19-,29-25-/t18-,20+,21+,22-,23+,24-,26-,27-/m1/s1. The van der Waals surface area contributed by atoms with Gasteiger partial charge in [0.05, 0.1) is 11.4 Å². The number of hydrogen-bond acceptors (Lipinski definition) is 4. The first-order valence-electron chi connectivity index (χ1n) is 13.1. The summed E-state index contributed by atoms with van der Waals surface area (Å²) in [7, 11) is 0. The van der Waals surface area contributed by atoms with Gasteiger partial charge in [-0.2, -0.15) is 0 Å². The van der Waals surface area contributed by atoms with Crippen LogP contribution in [0.15, 0.2) is 10.3 Å². The third-order valence-corrected chi connectivity index (χ3v) is 10.8. The summed E-state index contributed by atoms with van der Waals surface area (Å²) in [5.41, 5.74) is 2.51. The molecule has 0 radical (unpaired) electrons. The fourth-order valence-corrected chi connectivity index (χ4v) is 9.10. The van der Waals surface area contributed by atoms with Gasteiger partial charge in [0, 0.05) is 5.92 Å². The Morgan fingerprint density at radius 3 is 2.32 bits per heavy atom. The van der Waals surface area contributed by atoms with Gasteiger partial charge in [0.2, 0.25) is 0 Å². The molecule has 4 aliphatic rings. The molecule has 8 atom stereocenters. The fraction of sp³-hybridized carbons (Fsp3) is 0.926. The van der Waals surface area contributed by atoms with E-state index >= 15 is 0 Å². The molecule has 31 heavy (non-hydrogen) atoms. The van der Waals surface area contributed by atoms with Gasteiger partial charge in [0.1, 0.15) is 0 Å². The van der Waals surface area contributed by atoms with Crippen molar-refractivity contribution in [3.63, 3.8) is 0 Å². The molecule has 0 aromatic carbocycles. The van der Waals surface area contributed by atoms with Crippen molar-refractivity contribution in [2.45, 2.75) is 105 Å². The maximum absolute atomic E-state index is 9.97. The summed E-state index contributed by atoms with van der Waals surface area (Å²) in [5, 5.41) is 26.8. The van der Waals surface area contributed by atoms with Crippen molar-refractivity contribution >= 4 is 11.4 Å². The Morgan fingerprint density at radius 2 is 1.65 bits per heavy atom. The molecular weight excluding hydrogens is 384 g/mol. The van der Waals surface area contributed by atoms with E-state index in [0.717, 1.165) is 66.7 Å². The van der Waals surface area contributed by atoms with Crippen LogP contribution in [0, 0.1) is 52.3 Å². The normalized spacial score (nSPS) is 46.1. The zero-order valence-electron chi connectivity index (χ0n) is 20.6. The van der Waals surface area contributed by atoms with Crippen LogP contribution in [0.4, 0.5) is 0 Å². The summed E-state index contributed by atoms with van der Waals surface area (Å²) < 4.78 is 0. The van der Waals surface area contributed by atoms with Gasteiger partial charge in [0.15, 0.2) is 0 Å². The predicted molar refractivity (Wildman–Crippen MR) is 127 cm³/mol. The molecule has 4 saturated carbocycles. The maximum atomic E-state index is 9.97. The smallest absolute Gasteiger partial charge is 0.0613 e. The van der Waals surface area contributed by atoms with Crippen molar-refractivity contribution in [1.82, 2.24) is 0 Å². The minimum Gasteiger partial charge on any atom is -0.411 e. The minimum absolute atomic E-state index is 0.182. The second-order valence-electron chi connectivity index (χ2n) is 12.6. The van der Waals surface area contributed by atoms with E-state index in [2.05, 4.69) is 44.9 Å². The number of fused-ring (bicyclic) bond motifs is 5. The Labute approximate surface area is 189 Å². The zero-order chi connectivity index (χ0) is 22.4. The molecule has 0 heterocycles. The van der Waals surface area contributed by atoms with E-state index < -0.39 is 0 Å². The van der Waals surface area contributed by atoms with E-state index in [4.69, 9.17) is 0 Å². The largest absolute Gasteiger partial charge is 0.411 e. The van der Waals surface area contributed by atoms with Crippen molar-refractivity contribution in [3.8, 4) is 0 Å². The summed E-state index contributed by atoms with van der Waals surface area (Å²) >= 11 is 0. The first kappa shape index (κ1) is 23.1. The molecule has 4 aliphatic carbocycles. The quantitative estimate of drug-likeness (QED) is 0.353. The SMILES string of the molecule is CC(C)CCC[C@@H](C)[C@@H]1CC[C@@H]2[C@@H]3C/C(=N/O)[C@H]4C/C(=N\O)CC[C@]4(C)[C@H]3CC[C@@]21C. The van der Waals surface area contributed by atoms with Gasteiger partial charge in [-0.3, -0.25) is 0 Å². The molecule has 0 saturated heterocycles. The summed E-state index contributed by atoms with van der Waals surface area (Å²) in [6.45, 7) is 12.3. The van der Waals surface area contributed by atoms with Crippen molar-refractivity contribution in [2.24, 2.45) is 62.6 Å². The molecule has 0 aliphatic heterocycles. The Morgan fingerprint density at radius 1 is 0.903 bits per heavy atom. The zero-order valence-corrected chi connectivity index (χ0v) is 20.6. The first-order chi connectivity index (χ1) is 14.7. The summed E-state index contributed by atoms with van der Waals surface area (Å²) in [5.74, 6) is 4.88. The van der Waals surface area contributed by atoms with Crippen molar-refractivity contribution in [2.75, 3.05) is 0 Å². The lowest BCUT2D eigenvalue weighted by atomic mass is 9.44. The highest BCUT2D eigenvalue weighted by Crippen LogP contribution is 2.67. The van der Waals surface area contributed by atoms with E-state index in [-0.39, 0.29) is 11.3 Å². The van der Waals surface area contributed by atoms with Crippen LogP contribution >= 0.6 is 0 Å². The molecule has 2 N–H and O–H groups in total. The van der Waals surface area contributed by atoms with Gasteiger partial charge in [-0.15, -0.1) is 0 Å². The lowest BCUT2D eigenvalue weighted by molar-refractivity contribution is -0.0734. The second-order valence-corrected chi connectivity index (χ2v) is 12.6. The lowest BCUT2D eigenvalue weighted by Crippen LogP contribution is -2.56. The molecule has 0 unspecified atom stereocenters. The van der Waals surface area contributed by atoms with Gasteiger partial charge in [-0.1, -0.05) is 64.2 Å². The van der Waals surface area contributed by atoms with Gasteiger partial charge in [-0.05, 0) is 97.7 Å². The Kier molecular flexibility index (Phi) is 6.49. The number of nitrogens with zero attached hydrogens (tertiary/aromatic N) is 2. The third kappa shape index (κ3) is 3.84. The van der Waals surface area contributed by atoms with Crippen molar-refractivity contribution in [3.05, 3.63) is 0 Å². The Balaban J connectivity index is 1.54. The van der Waals surface area contributed by atoms with E-state index in [9.17, 15) is 10.4 Å². The van der Waals surface area contributed by atoms with Crippen LogP contribution in [0.25, 0.3) is 0 Å².